The van der Waals surface area contributed by atoms with Gasteiger partial charge in [0.05, 0.1) is 0 Å². The fourth-order valence-corrected chi connectivity index (χ4v) is 2.52. The summed E-state index contributed by atoms with van der Waals surface area (Å²) in [5.74, 6) is -0.383. The van der Waals surface area contributed by atoms with Crippen molar-refractivity contribution in [1.82, 2.24) is 5.32 Å². The predicted octanol–water partition coefficient (Wildman–Crippen LogP) is 2.90. The fraction of sp³-hybridized carbons (Fsp3) is 0.538. The minimum atomic E-state index is -0.499. The van der Waals surface area contributed by atoms with Crippen LogP contribution in [0.25, 0.3) is 0 Å². The highest BCUT2D eigenvalue weighted by molar-refractivity contribution is 5.19. The van der Waals surface area contributed by atoms with Gasteiger partial charge in [0.25, 0.3) is 0 Å². The van der Waals surface area contributed by atoms with E-state index < -0.39 is 11.6 Å². The second kappa shape index (κ2) is 4.91. The second-order valence-corrected chi connectivity index (χ2v) is 4.60. The van der Waals surface area contributed by atoms with Gasteiger partial charge in [0, 0.05) is 12.1 Å². The zero-order valence-electron chi connectivity index (χ0n) is 9.47. The van der Waals surface area contributed by atoms with Gasteiger partial charge in [-0.15, -0.1) is 0 Å². The van der Waals surface area contributed by atoms with Crippen molar-refractivity contribution in [1.29, 1.82) is 0 Å². The molecule has 0 saturated heterocycles. The molecule has 0 bridgehead atoms. The highest BCUT2D eigenvalue weighted by Gasteiger charge is 2.24. The Labute approximate surface area is 94.9 Å². The van der Waals surface area contributed by atoms with Crippen molar-refractivity contribution in [2.24, 2.45) is 5.92 Å². The molecule has 2 rings (SSSR count). The number of hydrogen-bond donors (Lipinski definition) is 1. The van der Waals surface area contributed by atoms with E-state index in [0.717, 1.165) is 31.7 Å². The van der Waals surface area contributed by atoms with Gasteiger partial charge in [-0.05, 0) is 50.3 Å². The summed E-state index contributed by atoms with van der Waals surface area (Å²) in [5.41, 5.74) is 0.642. The summed E-state index contributed by atoms with van der Waals surface area (Å²) in [6.45, 7) is 0. The molecule has 1 aromatic rings. The maximum absolute atomic E-state index is 13.4. The molecule has 0 heterocycles. The summed E-state index contributed by atoms with van der Waals surface area (Å²) >= 11 is 0. The highest BCUT2D eigenvalue weighted by atomic mass is 19.1. The fourth-order valence-electron chi connectivity index (χ4n) is 2.52. The average molecular weight is 225 g/mol. The third-order valence-electron chi connectivity index (χ3n) is 3.47. The average Bonchev–Trinajstić information content (AvgIpc) is 2.70. The molecule has 0 radical (unpaired) electrons. The van der Waals surface area contributed by atoms with E-state index in [2.05, 4.69) is 5.32 Å². The number of benzene rings is 1. The second-order valence-electron chi connectivity index (χ2n) is 4.60. The first-order valence-corrected chi connectivity index (χ1v) is 5.80. The third kappa shape index (κ3) is 2.59. The maximum Gasteiger partial charge on any atom is 0.129 e. The van der Waals surface area contributed by atoms with Crippen molar-refractivity contribution < 1.29 is 8.78 Å². The molecule has 0 aromatic heterocycles. The van der Waals surface area contributed by atoms with Crippen LogP contribution < -0.4 is 5.32 Å². The molecule has 3 heteroatoms. The summed E-state index contributed by atoms with van der Waals surface area (Å²) in [7, 11) is 1.96. The molecule has 1 aliphatic carbocycles. The molecular weight excluding hydrogens is 208 g/mol. The van der Waals surface area contributed by atoms with Gasteiger partial charge in [-0.3, -0.25) is 0 Å². The molecule has 1 aliphatic rings. The Morgan fingerprint density at radius 2 is 2.12 bits per heavy atom. The largest absolute Gasteiger partial charge is 0.317 e. The van der Waals surface area contributed by atoms with Crippen LogP contribution in [-0.2, 0) is 6.42 Å². The molecule has 1 saturated carbocycles. The summed E-state index contributed by atoms with van der Waals surface area (Å²) in [6, 6.07) is 4.44. The first-order chi connectivity index (χ1) is 7.69. The van der Waals surface area contributed by atoms with Gasteiger partial charge in [0.2, 0.25) is 0 Å². The quantitative estimate of drug-likeness (QED) is 0.834. The van der Waals surface area contributed by atoms with E-state index in [1.54, 1.807) is 6.07 Å². The molecule has 88 valence electrons. The van der Waals surface area contributed by atoms with Crippen LogP contribution in [-0.4, -0.2) is 13.1 Å². The van der Waals surface area contributed by atoms with E-state index in [1.807, 2.05) is 7.05 Å². The van der Waals surface area contributed by atoms with Crippen LogP contribution in [0.5, 0.6) is 0 Å². The van der Waals surface area contributed by atoms with E-state index in [0.29, 0.717) is 17.5 Å². The Hall–Kier alpha value is -0.960. The molecule has 1 N–H and O–H groups in total. The topological polar surface area (TPSA) is 12.0 Å². The zero-order valence-corrected chi connectivity index (χ0v) is 9.47. The lowest BCUT2D eigenvalue weighted by Crippen LogP contribution is -2.21. The molecular formula is C13H17F2N. The van der Waals surface area contributed by atoms with E-state index in [-0.39, 0.29) is 0 Å². The van der Waals surface area contributed by atoms with Crippen molar-refractivity contribution in [3.8, 4) is 0 Å². The standard InChI is InChI=1S/C13H17F2N/c1-16-12-5-2-9(7-12)6-10-3-4-11(14)8-13(10)15/h3-4,8-9,12,16H,2,5-7H2,1H3. The van der Waals surface area contributed by atoms with Crippen LogP contribution in [0, 0.1) is 17.6 Å². The SMILES string of the molecule is CNC1CCC(Cc2ccc(F)cc2F)C1. The molecule has 0 spiro atoms. The predicted molar refractivity (Wildman–Crippen MR) is 60.3 cm³/mol. The van der Waals surface area contributed by atoms with E-state index in [4.69, 9.17) is 0 Å². The van der Waals surface area contributed by atoms with Crippen LogP contribution in [0.2, 0.25) is 0 Å². The minimum absolute atomic E-state index is 0.409. The maximum atomic E-state index is 13.4. The lowest BCUT2D eigenvalue weighted by Gasteiger charge is -2.11. The lowest BCUT2D eigenvalue weighted by atomic mass is 9.97. The van der Waals surface area contributed by atoms with Crippen LogP contribution in [0.3, 0.4) is 0 Å². The van der Waals surface area contributed by atoms with Crippen molar-refractivity contribution in [3.05, 3.63) is 35.4 Å². The Bertz CT molecular complexity index is 365. The minimum Gasteiger partial charge on any atom is -0.317 e. The lowest BCUT2D eigenvalue weighted by molar-refractivity contribution is 0.492. The zero-order chi connectivity index (χ0) is 11.5. The van der Waals surface area contributed by atoms with E-state index in [1.165, 1.54) is 6.07 Å². The van der Waals surface area contributed by atoms with Gasteiger partial charge < -0.3 is 5.32 Å². The molecule has 1 aromatic carbocycles. The van der Waals surface area contributed by atoms with Gasteiger partial charge in [-0.1, -0.05) is 6.07 Å². The molecule has 0 amide bonds. The van der Waals surface area contributed by atoms with E-state index in [9.17, 15) is 8.78 Å². The Morgan fingerprint density at radius 1 is 1.31 bits per heavy atom. The van der Waals surface area contributed by atoms with Gasteiger partial charge in [-0.25, -0.2) is 8.78 Å². The summed E-state index contributed by atoms with van der Waals surface area (Å²) < 4.78 is 26.2. The molecule has 1 fully saturated rings. The highest BCUT2D eigenvalue weighted by Crippen LogP contribution is 2.29. The van der Waals surface area contributed by atoms with Crippen molar-refractivity contribution in [2.45, 2.75) is 31.7 Å². The van der Waals surface area contributed by atoms with Crippen molar-refractivity contribution in [2.75, 3.05) is 7.05 Å². The van der Waals surface area contributed by atoms with Crippen molar-refractivity contribution in [3.63, 3.8) is 0 Å². The summed E-state index contributed by atoms with van der Waals surface area (Å²) in [5, 5.41) is 3.25. The molecule has 0 aliphatic heterocycles. The Balaban J connectivity index is 1.99. The first-order valence-electron chi connectivity index (χ1n) is 5.80. The smallest absolute Gasteiger partial charge is 0.129 e. The normalized spacial score (nSPS) is 24.9. The van der Waals surface area contributed by atoms with Crippen LogP contribution in [0.1, 0.15) is 24.8 Å². The number of hydrogen-bond acceptors (Lipinski definition) is 1. The van der Waals surface area contributed by atoms with E-state index >= 15 is 0 Å². The van der Waals surface area contributed by atoms with Gasteiger partial charge in [-0.2, -0.15) is 0 Å². The van der Waals surface area contributed by atoms with Gasteiger partial charge in [0.15, 0.2) is 0 Å². The Kier molecular flexibility index (Phi) is 3.54. The molecule has 16 heavy (non-hydrogen) atoms. The van der Waals surface area contributed by atoms with Gasteiger partial charge >= 0.3 is 0 Å². The number of rotatable bonds is 3. The third-order valence-corrected chi connectivity index (χ3v) is 3.47. The monoisotopic (exact) mass is 225 g/mol. The van der Waals surface area contributed by atoms with Crippen LogP contribution >= 0.6 is 0 Å². The first kappa shape index (κ1) is 11.5. The van der Waals surface area contributed by atoms with Crippen LogP contribution in [0.4, 0.5) is 8.78 Å². The number of halogens is 2. The number of nitrogens with one attached hydrogen (secondary N) is 1. The van der Waals surface area contributed by atoms with Crippen LogP contribution in [0.15, 0.2) is 18.2 Å². The summed E-state index contributed by atoms with van der Waals surface area (Å²) in [6.07, 6.45) is 4.10. The van der Waals surface area contributed by atoms with Gasteiger partial charge in [0.1, 0.15) is 11.6 Å². The van der Waals surface area contributed by atoms with Crippen molar-refractivity contribution >= 4 is 0 Å². The molecule has 2 unspecified atom stereocenters. The molecule has 2 atom stereocenters. The Morgan fingerprint density at radius 3 is 2.75 bits per heavy atom. The summed E-state index contributed by atoms with van der Waals surface area (Å²) in [4.78, 5) is 0. The molecule has 1 nitrogen and oxygen atoms in total.